The zero-order chi connectivity index (χ0) is 12.1. The first-order valence-electron chi connectivity index (χ1n) is 5.54. The van der Waals surface area contributed by atoms with E-state index in [1.807, 2.05) is 6.92 Å². The van der Waals surface area contributed by atoms with Crippen LogP contribution in [0.25, 0.3) is 0 Å². The number of carbonyl (C=O) groups excluding carboxylic acids is 2. The van der Waals surface area contributed by atoms with Crippen molar-refractivity contribution in [3.8, 4) is 0 Å². The molecule has 0 bridgehead atoms. The molecule has 0 radical (unpaired) electrons. The third-order valence-corrected chi connectivity index (χ3v) is 2.69. The molecule has 0 saturated carbocycles. The minimum atomic E-state index is -0.155. The summed E-state index contributed by atoms with van der Waals surface area (Å²) in [7, 11) is 0. The van der Waals surface area contributed by atoms with Crippen molar-refractivity contribution in [1.29, 1.82) is 0 Å². The number of nitrogens with zero attached hydrogens (tertiary/aromatic N) is 1. The van der Waals surface area contributed by atoms with E-state index in [0.717, 1.165) is 6.42 Å². The highest BCUT2D eigenvalue weighted by Crippen LogP contribution is 2.07. The van der Waals surface area contributed by atoms with Gasteiger partial charge in [0.2, 0.25) is 5.91 Å². The zero-order valence-corrected chi connectivity index (χ0v) is 9.88. The van der Waals surface area contributed by atoms with E-state index in [9.17, 15) is 9.59 Å². The average molecular weight is 225 g/mol. The summed E-state index contributed by atoms with van der Waals surface area (Å²) in [6.07, 6.45) is 0.823. The van der Waals surface area contributed by atoms with E-state index in [2.05, 4.69) is 17.2 Å². The molecule has 1 heterocycles. The van der Waals surface area contributed by atoms with Gasteiger partial charge in [-0.25, -0.2) is 4.79 Å². The van der Waals surface area contributed by atoms with Gasteiger partial charge in [0.25, 0.3) is 0 Å². The summed E-state index contributed by atoms with van der Waals surface area (Å²) >= 11 is 0. The number of carbonyl (C=O) groups is 2. The van der Waals surface area contributed by atoms with Crippen molar-refractivity contribution < 1.29 is 9.59 Å². The van der Waals surface area contributed by atoms with Gasteiger partial charge in [0.15, 0.2) is 0 Å². The van der Waals surface area contributed by atoms with Crippen molar-refractivity contribution in [1.82, 2.24) is 15.5 Å². The van der Waals surface area contributed by atoms with E-state index in [4.69, 9.17) is 0 Å². The number of rotatable bonds is 5. The number of amides is 3. The Bertz CT molecular complexity index is 302. The smallest absolute Gasteiger partial charge is 0.317 e. The lowest BCUT2D eigenvalue weighted by atomic mass is 10.2. The maximum atomic E-state index is 11.4. The molecule has 1 fully saturated rings. The summed E-state index contributed by atoms with van der Waals surface area (Å²) in [5.41, 5.74) is 0.487. The molecule has 1 aliphatic heterocycles. The van der Waals surface area contributed by atoms with Gasteiger partial charge >= 0.3 is 6.03 Å². The minimum absolute atomic E-state index is 0.0450. The van der Waals surface area contributed by atoms with E-state index in [1.165, 1.54) is 0 Å². The minimum Gasteiger partial charge on any atom is -0.350 e. The number of urea groups is 1. The summed E-state index contributed by atoms with van der Waals surface area (Å²) in [4.78, 5) is 24.5. The van der Waals surface area contributed by atoms with Crippen LogP contribution in [0.15, 0.2) is 12.2 Å². The Balaban J connectivity index is 2.46. The van der Waals surface area contributed by atoms with Gasteiger partial charge in [-0.15, -0.1) is 0 Å². The predicted molar refractivity (Wildman–Crippen MR) is 62.0 cm³/mol. The first-order valence-corrected chi connectivity index (χ1v) is 5.54. The molecule has 3 amide bonds. The molecule has 0 spiro atoms. The Hall–Kier alpha value is -1.52. The van der Waals surface area contributed by atoms with Crippen molar-refractivity contribution in [3.05, 3.63) is 12.2 Å². The van der Waals surface area contributed by atoms with E-state index in [-0.39, 0.29) is 18.0 Å². The maximum absolute atomic E-state index is 11.4. The molecular weight excluding hydrogens is 206 g/mol. The molecule has 90 valence electrons. The Morgan fingerprint density at radius 3 is 2.81 bits per heavy atom. The molecule has 2 N–H and O–H groups in total. The quantitative estimate of drug-likeness (QED) is 0.669. The Morgan fingerprint density at radius 1 is 1.69 bits per heavy atom. The molecule has 0 aliphatic carbocycles. The van der Waals surface area contributed by atoms with Gasteiger partial charge in [0.05, 0.1) is 6.04 Å². The molecule has 5 nitrogen and oxygen atoms in total. The Kier molecular flexibility index (Phi) is 4.34. The van der Waals surface area contributed by atoms with Gasteiger partial charge in [-0.2, -0.15) is 0 Å². The second-order valence-electron chi connectivity index (χ2n) is 3.98. The summed E-state index contributed by atoms with van der Waals surface area (Å²) < 4.78 is 0. The maximum Gasteiger partial charge on any atom is 0.317 e. The van der Waals surface area contributed by atoms with E-state index < -0.39 is 0 Å². The molecule has 1 saturated heterocycles. The molecule has 0 aromatic heterocycles. The second kappa shape index (κ2) is 5.53. The van der Waals surface area contributed by atoms with Crippen LogP contribution in [-0.2, 0) is 4.79 Å². The number of hydrogen-bond acceptors (Lipinski definition) is 2. The molecule has 16 heavy (non-hydrogen) atoms. The van der Waals surface area contributed by atoms with E-state index in [0.29, 0.717) is 25.2 Å². The Labute approximate surface area is 95.9 Å². The van der Waals surface area contributed by atoms with Crippen LogP contribution >= 0.6 is 0 Å². The number of nitrogens with one attached hydrogen (secondary N) is 2. The van der Waals surface area contributed by atoms with E-state index >= 15 is 0 Å². The third-order valence-electron chi connectivity index (χ3n) is 2.69. The summed E-state index contributed by atoms with van der Waals surface area (Å²) in [5.74, 6) is -0.155. The van der Waals surface area contributed by atoms with Crippen molar-refractivity contribution in [2.24, 2.45) is 0 Å². The average Bonchev–Trinajstić information content (AvgIpc) is 2.65. The molecular formula is C11H19N3O2. The van der Waals surface area contributed by atoms with Crippen LogP contribution in [0.1, 0.15) is 20.3 Å². The highest BCUT2D eigenvalue weighted by molar-refractivity contribution is 5.92. The first-order chi connectivity index (χ1) is 7.56. The van der Waals surface area contributed by atoms with Crippen molar-refractivity contribution in [3.63, 3.8) is 0 Å². The lowest BCUT2D eigenvalue weighted by Gasteiger charge is -2.25. The van der Waals surface area contributed by atoms with Gasteiger partial charge in [0, 0.05) is 25.2 Å². The first kappa shape index (κ1) is 12.5. The normalized spacial score (nSPS) is 16.9. The largest absolute Gasteiger partial charge is 0.350 e. The van der Waals surface area contributed by atoms with Crippen molar-refractivity contribution >= 4 is 11.9 Å². The summed E-state index contributed by atoms with van der Waals surface area (Å²) in [5, 5.41) is 5.52. The standard InChI is InChI=1S/C11H19N3O2/c1-4-9(7-13-10(15)8(2)3)14-6-5-12-11(14)16/h9H,2,4-7H2,1,3H3,(H,12,16)(H,13,15). The lowest BCUT2D eigenvalue weighted by molar-refractivity contribution is -0.117. The van der Waals surface area contributed by atoms with E-state index in [1.54, 1.807) is 11.8 Å². The second-order valence-corrected chi connectivity index (χ2v) is 3.98. The van der Waals surface area contributed by atoms with Crippen LogP contribution in [0, 0.1) is 0 Å². The highest BCUT2D eigenvalue weighted by Gasteiger charge is 2.26. The lowest BCUT2D eigenvalue weighted by Crippen LogP contribution is -2.45. The molecule has 1 atom stereocenters. The van der Waals surface area contributed by atoms with Gasteiger partial charge in [-0.3, -0.25) is 4.79 Å². The monoisotopic (exact) mass is 225 g/mol. The zero-order valence-electron chi connectivity index (χ0n) is 9.88. The predicted octanol–water partition coefficient (Wildman–Crippen LogP) is 0.482. The van der Waals surface area contributed by atoms with Crippen LogP contribution < -0.4 is 10.6 Å². The van der Waals surface area contributed by atoms with Crippen LogP contribution in [0.4, 0.5) is 4.79 Å². The van der Waals surface area contributed by atoms with Gasteiger partial charge in [-0.1, -0.05) is 13.5 Å². The van der Waals surface area contributed by atoms with Gasteiger partial charge < -0.3 is 15.5 Å². The molecule has 5 heteroatoms. The fourth-order valence-electron chi connectivity index (χ4n) is 1.67. The third kappa shape index (κ3) is 2.98. The van der Waals surface area contributed by atoms with Crippen LogP contribution in [0.5, 0.6) is 0 Å². The molecule has 0 aromatic carbocycles. The molecule has 1 unspecified atom stereocenters. The fourth-order valence-corrected chi connectivity index (χ4v) is 1.67. The van der Waals surface area contributed by atoms with Crippen molar-refractivity contribution in [2.45, 2.75) is 26.3 Å². The van der Waals surface area contributed by atoms with Crippen LogP contribution in [-0.4, -0.2) is 42.5 Å². The molecule has 1 aliphatic rings. The highest BCUT2D eigenvalue weighted by atomic mass is 16.2. The van der Waals surface area contributed by atoms with Crippen LogP contribution in [0.2, 0.25) is 0 Å². The summed E-state index contributed by atoms with van der Waals surface area (Å²) in [6, 6.07) is 0.0159. The number of hydrogen-bond donors (Lipinski definition) is 2. The summed E-state index contributed by atoms with van der Waals surface area (Å²) in [6.45, 7) is 9.11. The van der Waals surface area contributed by atoms with Crippen LogP contribution in [0.3, 0.4) is 0 Å². The SMILES string of the molecule is C=C(C)C(=O)NCC(CC)N1CCNC1=O. The van der Waals surface area contributed by atoms with Crippen molar-refractivity contribution in [2.75, 3.05) is 19.6 Å². The van der Waals surface area contributed by atoms with Gasteiger partial charge in [0.1, 0.15) is 0 Å². The molecule has 0 aromatic rings. The molecule has 1 rings (SSSR count). The Morgan fingerprint density at radius 2 is 2.38 bits per heavy atom. The fraction of sp³-hybridized carbons (Fsp3) is 0.636. The topological polar surface area (TPSA) is 61.4 Å². The van der Waals surface area contributed by atoms with Gasteiger partial charge in [-0.05, 0) is 13.3 Å².